The second-order valence-corrected chi connectivity index (χ2v) is 5.69. The van der Waals surface area contributed by atoms with Crippen LogP contribution in [0.5, 0.6) is 0 Å². The summed E-state index contributed by atoms with van der Waals surface area (Å²) in [5, 5.41) is 3.65. The van der Waals surface area contributed by atoms with E-state index >= 15 is 0 Å². The van der Waals surface area contributed by atoms with E-state index in [2.05, 4.69) is 59.2 Å². The van der Waals surface area contributed by atoms with Crippen molar-refractivity contribution in [3.8, 4) is 0 Å². The first-order valence-corrected chi connectivity index (χ1v) is 6.57. The Morgan fingerprint density at radius 3 is 2.69 bits per heavy atom. The Bertz CT molecular complexity index is 367. The summed E-state index contributed by atoms with van der Waals surface area (Å²) in [5.74, 6) is 0. The zero-order chi connectivity index (χ0) is 11.7. The average molecular weight is 283 g/mol. The number of nitrogens with one attached hydrogen (secondary N) is 1. The molecule has 1 saturated heterocycles. The van der Waals surface area contributed by atoms with Crippen LogP contribution in [0, 0.1) is 13.8 Å². The van der Waals surface area contributed by atoms with Gasteiger partial charge in [0.15, 0.2) is 0 Å². The standard InChI is InChI=1S/C13H19BrN2/c1-9-6-10(2)13(12(14)7-9)15-11-4-5-16(3)8-11/h6-7,11,15H,4-5,8H2,1-3H3. The second kappa shape index (κ2) is 4.76. The molecule has 0 bridgehead atoms. The molecule has 1 aliphatic heterocycles. The van der Waals surface area contributed by atoms with Crippen molar-refractivity contribution >= 4 is 21.6 Å². The molecule has 1 aromatic carbocycles. The van der Waals surface area contributed by atoms with Crippen molar-refractivity contribution in [2.75, 3.05) is 25.5 Å². The fourth-order valence-corrected chi connectivity index (χ4v) is 3.14. The van der Waals surface area contributed by atoms with Gasteiger partial charge in [-0.25, -0.2) is 0 Å². The van der Waals surface area contributed by atoms with Crippen molar-refractivity contribution in [3.05, 3.63) is 27.7 Å². The van der Waals surface area contributed by atoms with Crippen molar-refractivity contribution in [3.63, 3.8) is 0 Å². The SMILES string of the molecule is Cc1cc(C)c(NC2CCN(C)C2)c(Br)c1. The molecule has 1 heterocycles. The third-order valence-corrected chi connectivity index (χ3v) is 3.80. The third kappa shape index (κ3) is 2.58. The van der Waals surface area contributed by atoms with E-state index in [1.807, 2.05) is 0 Å². The molecule has 0 saturated carbocycles. The second-order valence-electron chi connectivity index (χ2n) is 4.83. The molecule has 0 radical (unpaired) electrons. The first-order chi connectivity index (χ1) is 7.56. The topological polar surface area (TPSA) is 15.3 Å². The molecule has 0 aliphatic carbocycles. The summed E-state index contributed by atoms with van der Waals surface area (Å²) in [6.45, 7) is 6.63. The average Bonchev–Trinajstić information content (AvgIpc) is 2.58. The lowest BCUT2D eigenvalue weighted by atomic mass is 10.1. The van der Waals surface area contributed by atoms with Crippen LogP contribution in [0.3, 0.4) is 0 Å². The van der Waals surface area contributed by atoms with Crippen LogP contribution < -0.4 is 5.32 Å². The van der Waals surface area contributed by atoms with Crippen LogP contribution >= 0.6 is 15.9 Å². The Labute approximate surface area is 106 Å². The van der Waals surface area contributed by atoms with Gasteiger partial charge in [0.05, 0.1) is 5.69 Å². The van der Waals surface area contributed by atoms with Crippen molar-refractivity contribution in [2.24, 2.45) is 0 Å². The van der Waals surface area contributed by atoms with Crippen LogP contribution in [-0.2, 0) is 0 Å². The van der Waals surface area contributed by atoms with Gasteiger partial charge in [-0.1, -0.05) is 6.07 Å². The van der Waals surface area contributed by atoms with Crippen LogP contribution in [0.1, 0.15) is 17.5 Å². The van der Waals surface area contributed by atoms with E-state index in [1.165, 1.54) is 34.3 Å². The normalized spacial score (nSPS) is 21.4. The smallest absolute Gasteiger partial charge is 0.0517 e. The largest absolute Gasteiger partial charge is 0.380 e. The molecule has 1 atom stereocenters. The molecule has 1 aliphatic rings. The van der Waals surface area contributed by atoms with Crippen LogP contribution in [0.4, 0.5) is 5.69 Å². The van der Waals surface area contributed by atoms with Gasteiger partial charge in [0.2, 0.25) is 0 Å². The number of rotatable bonds is 2. The summed E-state index contributed by atoms with van der Waals surface area (Å²) in [5.41, 5.74) is 3.88. The van der Waals surface area contributed by atoms with Crippen molar-refractivity contribution < 1.29 is 0 Å². The maximum Gasteiger partial charge on any atom is 0.0517 e. The van der Waals surface area contributed by atoms with Crippen LogP contribution in [0.2, 0.25) is 0 Å². The number of anilines is 1. The van der Waals surface area contributed by atoms with E-state index < -0.39 is 0 Å². The molecule has 2 nitrogen and oxygen atoms in total. The summed E-state index contributed by atoms with van der Waals surface area (Å²) in [6.07, 6.45) is 1.23. The maximum atomic E-state index is 3.65. The highest BCUT2D eigenvalue weighted by atomic mass is 79.9. The van der Waals surface area contributed by atoms with Gasteiger partial charge in [-0.3, -0.25) is 0 Å². The zero-order valence-corrected chi connectivity index (χ0v) is 11.8. The molecule has 1 aromatic rings. The minimum atomic E-state index is 0.586. The van der Waals surface area contributed by atoms with E-state index in [-0.39, 0.29) is 0 Å². The van der Waals surface area contributed by atoms with Gasteiger partial charge < -0.3 is 10.2 Å². The van der Waals surface area contributed by atoms with Gasteiger partial charge in [-0.15, -0.1) is 0 Å². The fraction of sp³-hybridized carbons (Fsp3) is 0.538. The maximum absolute atomic E-state index is 3.65. The van der Waals surface area contributed by atoms with Gasteiger partial charge in [0.1, 0.15) is 0 Å². The van der Waals surface area contributed by atoms with Crippen molar-refractivity contribution in [1.29, 1.82) is 0 Å². The molecular formula is C13H19BrN2. The van der Waals surface area contributed by atoms with E-state index in [1.54, 1.807) is 0 Å². The summed E-state index contributed by atoms with van der Waals surface area (Å²) in [4.78, 5) is 2.37. The number of nitrogens with zero attached hydrogens (tertiary/aromatic N) is 1. The molecule has 2 rings (SSSR count). The highest BCUT2D eigenvalue weighted by molar-refractivity contribution is 9.10. The fourth-order valence-electron chi connectivity index (χ4n) is 2.36. The molecule has 88 valence electrons. The summed E-state index contributed by atoms with van der Waals surface area (Å²) < 4.78 is 1.18. The molecule has 0 spiro atoms. The number of likely N-dealkylation sites (tertiary alicyclic amines) is 1. The Balaban J connectivity index is 2.15. The first-order valence-electron chi connectivity index (χ1n) is 5.78. The number of aryl methyl sites for hydroxylation is 2. The Kier molecular flexibility index (Phi) is 3.55. The summed E-state index contributed by atoms with van der Waals surface area (Å²) in [6, 6.07) is 4.99. The molecule has 16 heavy (non-hydrogen) atoms. The zero-order valence-electron chi connectivity index (χ0n) is 10.2. The molecule has 0 aromatic heterocycles. The highest BCUT2D eigenvalue weighted by Gasteiger charge is 2.20. The van der Waals surface area contributed by atoms with Crippen LogP contribution in [-0.4, -0.2) is 31.1 Å². The van der Waals surface area contributed by atoms with Gasteiger partial charge in [-0.05, 0) is 67.0 Å². The predicted octanol–water partition coefficient (Wildman–Crippen LogP) is 3.18. The molecule has 1 N–H and O–H groups in total. The van der Waals surface area contributed by atoms with E-state index in [0.29, 0.717) is 6.04 Å². The van der Waals surface area contributed by atoms with E-state index in [0.717, 1.165) is 6.54 Å². The lowest BCUT2D eigenvalue weighted by molar-refractivity contribution is 0.414. The van der Waals surface area contributed by atoms with Gasteiger partial charge in [-0.2, -0.15) is 0 Å². The number of benzene rings is 1. The lowest BCUT2D eigenvalue weighted by Crippen LogP contribution is -2.24. The monoisotopic (exact) mass is 282 g/mol. The molecule has 3 heteroatoms. The van der Waals surface area contributed by atoms with Gasteiger partial charge in [0, 0.05) is 17.1 Å². The van der Waals surface area contributed by atoms with Crippen molar-refractivity contribution in [1.82, 2.24) is 4.90 Å². The minimum absolute atomic E-state index is 0.586. The van der Waals surface area contributed by atoms with Gasteiger partial charge >= 0.3 is 0 Å². The van der Waals surface area contributed by atoms with E-state index in [4.69, 9.17) is 0 Å². The number of likely N-dealkylation sites (N-methyl/N-ethyl adjacent to an activating group) is 1. The molecule has 1 fully saturated rings. The van der Waals surface area contributed by atoms with Crippen molar-refractivity contribution in [2.45, 2.75) is 26.3 Å². The first kappa shape index (κ1) is 11.9. The molecular weight excluding hydrogens is 264 g/mol. The Morgan fingerprint density at radius 2 is 2.12 bits per heavy atom. The van der Waals surface area contributed by atoms with Gasteiger partial charge in [0.25, 0.3) is 0 Å². The Hall–Kier alpha value is -0.540. The molecule has 0 amide bonds. The number of hydrogen-bond donors (Lipinski definition) is 1. The Morgan fingerprint density at radius 1 is 1.38 bits per heavy atom. The highest BCUT2D eigenvalue weighted by Crippen LogP contribution is 2.29. The predicted molar refractivity (Wildman–Crippen MR) is 73.1 cm³/mol. The number of hydrogen-bond acceptors (Lipinski definition) is 2. The number of halogens is 1. The quantitative estimate of drug-likeness (QED) is 0.896. The van der Waals surface area contributed by atoms with E-state index in [9.17, 15) is 0 Å². The summed E-state index contributed by atoms with van der Waals surface area (Å²) >= 11 is 3.64. The minimum Gasteiger partial charge on any atom is -0.380 e. The van der Waals surface area contributed by atoms with Crippen LogP contribution in [0.15, 0.2) is 16.6 Å². The lowest BCUT2D eigenvalue weighted by Gasteiger charge is -2.18. The summed E-state index contributed by atoms with van der Waals surface area (Å²) in [7, 11) is 2.18. The molecule has 1 unspecified atom stereocenters. The third-order valence-electron chi connectivity index (χ3n) is 3.17. The van der Waals surface area contributed by atoms with Crippen LogP contribution in [0.25, 0.3) is 0 Å².